The fourth-order valence-electron chi connectivity index (χ4n) is 4.87. The number of hydrogen-bond donors (Lipinski definition) is 6. The van der Waals surface area contributed by atoms with Crippen LogP contribution in [-0.2, 0) is 0 Å². The molecule has 0 saturated heterocycles. The van der Waals surface area contributed by atoms with Gasteiger partial charge < -0.3 is 41.8 Å². The lowest BCUT2D eigenvalue weighted by Crippen LogP contribution is -2.12. The van der Waals surface area contributed by atoms with Gasteiger partial charge in [0.05, 0.1) is 11.1 Å². The molecular formula is C45H46N4O8. The Balaban J connectivity index is 0.000000258. The van der Waals surface area contributed by atoms with Crippen LogP contribution in [-0.4, -0.2) is 40.9 Å². The predicted octanol–water partition coefficient (Wildman–Crippen LogP) is 9.95. The van der Waals surface area contributed by atoms with Crippen molar-refractivity contribution >= 4 is 46.4 Å². The van der Waals surface area contributed by atoms with E-state index in [1.165, 1.54) is 55.5 Å². The summed E-state index contributed by atoms with van der Waals surface area (Å²) >= 11 is 0. The van der Waals surface area contributed by atoms with Crippen molar-refractivity contribution < 1.29 is 38.9 Å². The Kier molecular flexibility index (Phi) is 15.9. The topological polar surface area (TPSA) is 203 Å². The van der Waals surface area contributed by atoms with E-state index in [2.05, 4.69) is 10.6 Å². The number of benzene rings is 6. The van der Waals surface area contributed by atoms with Crippen molar-refractivity contribution in [2.45, 2.75) is 28.2 Å². The number of rotatable bonds is 10. The summed E-state index contributed by atoms with van der Waals surface area (Å²) in [6, 6.07) is 36.9. The van der Waals surface area contributed by atoms with Crippen molar-refractivity contribution in [3.63, 3.8) is 0 Å². The number of amides is 1. The van der Waals surface area contributed by atoms with Gasteiger partial charge in [0.15, 0.2) is 5.78 Å². The molecular weight excluding hydrogens is 725 g/mol. The van der Waals surface area contributed by atoms with E-state index < -0.39 is 11.9 Å². The standard InChI is InChI=1S/C23H22N2O3.C14H10O5.C7H10N2.CH4/c1-15-4-9-19(14-22(15)24-3)25-23(27)18-7-12-21(13-8-18)28-20-10-5-17(6-11-20)16(2)26;15-13(16)9-1-5-11(6-2-9)19-12-7-3-10(4-8-12)14(17)18;1-5-2-3-6(8)4-7(5)9;/h4-14,24H,1-3H3,(H,25,27);1-8H,(H,15,16)(H,17,18);2-4H,8-9H2,1H3;1H4. The second-order valence-electron chi connectivity index (χ2n) is 12.3. The molecule has 0 aromatic heterocycles. The lowest BCUT2D eigenvalue weighted by atomic mass is 10.1. The van der Waals surface area contributed by atoms with E-state index in [1.807, 2.05) is 51.2 Å². The van der Waals surface area contributed by atoms with Gasteiger partial charge in [-0.2, -0.15) is 0 Å². The highest BCUT2D eigenvalue weighted by Crippen LogP contribution is 2.25. The average molecular weight is 771 g/mol. The number of hydrogen-bond acceptors (Lipinski definition) is 9. The van der Waals surface area contributed by atoms with Crippen LogP contribution in [0.4, 0.5) is 22.7 Å². The van der Waals surface area contributed by atoms with Crippen molar-refractivity contribution in [2.24, 2.45) is 0 Å². The normalized spacial score (nSPS) is 9.82. The van der Waals surface area contributed by atoms with Gasteiger partial charge >= 0.3 is 11.9 Å². The van der Waals surface area contributed by atoms with Gasteiger partial charge in [0.1, 0.15) is 23.0 Å². The van der Waals surface area contributed by atoms with E-state index in [-0.39, 0.29) is 30.2 Å². The van der Waals surface area contributed by atoms with E-state index in [4.69, 9.17) is 31.2 Å². The summed E-state index contributed by atoms with van der Waals surface area (Å²) < 4.78 is 11.2. The first kappa shape index (κ1) is 43.8. The fourth-order valence-corrected chi connectivity index (χ4v) is 4.87. The zero-order valence-corrected chi connectivity index (χ0v) is 31.2. The minimum absolute atomic E-state index is 0. The van der Waals surface area contributed by atoms with Crippen molar-refractivity contribution in [3.05, 3.63) is 167 Å². The van der Waals surface area contributed by atoms with E-state index in [9.17, 15) is 19.2 Å². The number of Topliss-reactive ketones (excluding diaryl/α,β-unsaturated/α-hetero) is 1. The van der Waals surface area contributed by atoms with E-state index in [0.717, 1.165) is 33.9 Å². The molecule has 6 aromatic carbocycles. The molecule has 0 aliphatic heterocycles. The number of anilines is 4. The number of aryl methyl sites for hydroxylation is 2. The predicted molar refractivity (Wildman–Crippen MR) is 225 cm³/mol. The Bertz CT molecular complexity index is 2230. The zero-order chi connectivity index (χ0) is 40.8. The van der Waals surface area contributed by atoms with Crippen molar-refractivity contribution in [1.82, 2.24) is 0 Å². The molecule has 0 unspecified atom stereocenters. The average Bonchev–Trinajstić information content (AvgIpc) is 3.18. The molecule has 0 saturated carbocycles. The first-order chi connectivity index (χ1) is 26.7. The molecule has 57 heavy (non-hydrogen) atoms. The highest BCUT2D eigenvalue weighted by molar-refractivity contribution is 6.04. The van der Waals surface area contributed by atoms with Crippen LogP contribution >= 0.6 is 0 Å². The summed E-state index contributed by atoms with van der Waals surface area (Å²) in [6.45, 7) is 5.48. The number of ketones is 1. The first-order valence-electron chi connectivity index (χ1n) is 17.2. The molecule has 6 rings (SSSR count). The number of nitrogens with two attached hydrogens (primary N) is 2. The molecule has 0 bridgehead atoms. The summed E-state index contributed by atoms with van der Waals surface area (Å²) in [7, 11) is 1.85. The zero-order valence-electron chi connectivity index (χ0n) is 31.2. The lowest BCUT2D eigenvalue weighted by molar-refractivity contribution is 0.0686. The molecule has 0 fully saturated rings. The van der Waals surface area contributed by atoms with Gasteiger partial charge in [0, 0.05) is 40.9 Å². The minimum Gasteiger partial charge on any atom is -0.478 e. The van der Waals surface area contributed by atoms with Gasteiger partial charge in [-0.3, -0.25) is 9.59 Å². The second-order valence-corrected chi connectivity index (χ2v) is 12.3. The third-order valence-electron chi connectivity index (χ3n) is 8.12. The number of carboxylic acid groups (broad SMARTS) is 2. The summed E-state index contributed by atoms with van der Waals surface area (Å²) in [5, 5.41) is 23.5. The third-order valence-corrected chi connectivity index (χ3v) is 8.12. The van der Waals surface area contributed by atoms with Crippen LogP contribution in [0.3, 0.4) is 0 Å². The molecule has 0 spiro atoms. The summed E-state index contributed by atoms with van der Waals surface area (Å²) in [6.07, 6.45) is 0. The molecule has 8 N–H and O–H groups in total. The molecule has 6 aromatic rings. The van der Waals surface area contributed by atoms with Crippen LogP contribution in [0.15, 0.2) is 133 Å². The molecule has 0 heterocycles. The Morgan fingerprint density at radius 1 is 0.544 bits per heavy atom. The number of carbonyl (C=O) groups is 4. The highest BCUT2D eigenvalue weighted by Gasteiger charge is 2.09. The van der Waals surface area contributed by atoms with Gasteiger partial charge in [0.2, 0.25) is 0 Å². The van der Waals surface area contributed by atoms with Crippen molar-refractivity contribution in [2.75, 3.05) is 29.1 Å². The quantitative estimate of drug-likeness (QED) is 0.0571. The van der Waals surface area contributed by atoms with Crippen LogP contribution < -0.4 is 31.6 Å². The molecule has 0 atom stereocenters. The van der Waals surface area contributed by atoms with Gasteiger partial charge in [-0.1, -0.05) is 19.6 Å². The summed E-state index contributed by atoms with van der Waals surface area (Å²) in [5.41, 5.74) is 17.9. The molecule has 12 heteroatoms. The molecule has 1 amide bonds. The smallest absolute Gasteiger partial charge is 0.335 e. The largest absolute Gasteiger partial charge is 0.478 e. The van der Waals surface area contributed by atoms with E-state index in [1.54, 1.807) is 54.6 Å². The highest BCUT2D eigenvalue weighted by atomic mass is 16.5. The van der Waals surface area contributed by atoms with Crippen LogP contribution in [0.2, 0.25) is 0 Å². The number of carbonyl (C=O) groups excluding carboxylic acids is 2. The minimum atomic E-state index is -1.00. The summed E-state index contributed by atoms with van der Waals surface area (Å²) in [4.78, 5) is 45.1. The Hall–Kier alpha value is -7.60. The Labute approximate surface area is 331 Å². The third kappa shape index (κ3) is 13.3. The van der Waals surface area contributed by atoms with Crippen LogP contribution in [0.25, 0.3) is 0 Å². The van der Waals surface area contributed by atoms with E-state index >= 15 is 0 Å². The number of carboxylic acids is 2. The number of nitrogen functional groups attached to an aromatic ring is 2. The Morgan fingerprint density at radius 3 is 1.32 bits per heavy atom. The number of ether oxygens (including phenoxy) is 2. The number of aromatic carboxylic acids is 2. The first-order valence-corrected chi connectivity index (χ1v) is 17.2. The Morgan fingerprint density at radius 2 is 0.947 bits per heavy atom. The second kappa shape index (κ2) is 20.7. The maximum atomic E-state index is 12.5. The van der Waals surface area contributed by atoms with Gasteiger partial charge in [-0.25, -0.2) is 9.59 Å². The van der Waals surface area contributed by atoms with Gasteiger partial charge in [0.25, 0.3) is 5.91 Å². The van der Waals surface area contributed by atoms with Crippen molar-refractivity contribution in [3.8, 4) is 23.0 Å². The molecule has 0 aliphatic rings. The summed E-state index contributed by atoms with van der Waals surface area (Å²) in [5.74, 6) is 0.0119. The maximum absolute atomic E-state index is 12.5. The lowest BCUT2D eigenvalue weighted by Gasteiger charge is -2.10. The van der Waals surface area contributed by atoms with Crippen LogP contribution in [0.5, 0.6) is 23.0 Å². The SMILES string of the molecule is C.CNc1cc(NC(=O)c2ccc(Oc3ccc(C(C)=O)cc3)cc2)ccc1C.Cc1ccc(N)cc1N.O=C(O)c1ccc(Oc2ccc(C(=O)O)cc2)cc1. The van der Waals surface area contributed by atoms with Gasteiger partial charge in [-0.05, 0) is 153 Å². The molecule has 0 radical (unpaired) electrons. The van der Waals surface area contributed by atoms with Crippen molar-refractivity contribution in [1.29, 1.82) is 0 Å². The monoisotopic (exact) mass is 770 g/mol. The molecule has 0 aliphatic carbocycles. The fraction of sp³-hybridized carbons (Fsp3) is 0.111. The molecule has 294 valence electrons. The van der Waals surface area contributed by atoms with Crippen LogP contribution in [0.1, 0.15) is 66.9 Å². The van der Waals surface area contributed by atoms with Crippen LogP contribution in [0, 0.1) is 13.8 Å². The molecule has 12 nitrogen and oxygen atoms in total. The van der Waals surface area contributed by atoms with E-state index in [0.29, 0.717) is 34.1 Å². The number of nitrogens with one attached hydrogen (secondary N) is 2. The maximum Gasteiger partial charge on any atom is 0.335 e. The van der Waals surface area contributed by atoms with Gasteiger partial charge in [-0.15, -0.1) is 0 Å².